The number of fused-ring (bicyclic) bond motifs is 1. The summed E-state index contributed by atoms with van der Waals surface area (Å²) in [5, 5.41) is 2.81. The van der Waals surface area contributed by atoms with E-state index in [-0.39, 0.29) is 5.91 Å². The minimum atomic E-state index is -0.196. The Labute approximate surface area is 124 Å². The molecule has 5 N–H and O–H groups in total. The molecule has 0 radical (unpaired) electrons. The highest BCUT2D eigenvalue weighted by atomic mass is 79.9. The molecule has 2 aromatic rings. The van der Waals surface area contributed by atoms with Crippen molar-refractivity contribution >= 4 is 44.5 Å². The third-order valence-electron chi connectivity index (χ3n) is 3.19. The van der Waals surface area contributed by atoms with Gasteiger partial charge in [-0.05, 0) is 30.3 Å². The van der Waals surface area contributed by atoms with E-state index < -0.39 is 0 Å². The van der Waals surface area contributed by atoms with E-state index in [2.05, 4.69) is 21.2 Å². The molecule has 0 atom stereocenters. The molecule has 0 saturated carbocycles. The van der Waals surface area contributed by atoms with Gasteiger partial charge in [-0.3, -0.25) is 4.79 Å². The first kappa shape index (κ1) is 12.7. The van der Waals surface area contributed by atoms with Gasteiger partial charge in [0, 0.05) is 27.0 Å². The average Bonchev–Trinajstić information content (AvgIpc) is 2.73. The van der Waals surface area contributed by atoms with Crippen LogP contribution >= 0.6 is 15.9 Å². The number of halogens is 1. The number of carbonyl (C=O) groups excluding carboxylic acids is 1. The van der Waals surface area contributed by atoms with E-state index in [9.17, 15) is 4.79 Å². The number of nitrogen functional groups attached to an aromatic ring is 1. The fraction of sp³-hybridized carbons (Fsp3) is 0. The topological polar surface area (TPSA) is 81.1 Å². The van der Waals surface area contributed by atoms with Crippen LogP contribution in [-0.4, -0.2) is 5.91 Å². The van der Waals surface area contributed by atoms with Gasteiger partial charge in [-0.2, -0.15) is 0 Å². The van der Waals surface area contributed by atoms with Crippen LogP contribution in [0.2, 0.25) is 0 Å². The van der Waals surface area contributed by atoms with E-state index in [1.54, 1.807) is 12.1 Å². The minimum absolute atomic E-state index is 0.196. The molecule has 2 aromatic carbocycles. The number of anilines is 2. The molecule has 4 nitrogen and oxygen atoms in total. The second-order valence-corrected chi connectivity index (χ2v) is 5.47. The number of rotatable bonds is 1. The van der Waals surface area contributed by atoms with Gasteiger partial charge in [0.25, 0.3) is 5.91 Å². The van der Waals surface area contributed by atoms with Crippen molar-refractivity contribution in [2.45, 2.75) is 0 Å². The molecule has 20 heavy (non-hydrogen) atoms. The Bertz CT molecular complexity index is 753. The van der Waals surface area contributed by atoms with Crippen LogP contribution in [-0.2, 0) is 4.79 Å². The average molecular weight is 330 g/mol. The van der Waals surface area contributed by atoms with Crippen molar-refractivity contribution in [3.8, 4) is 0 Å². The summed E-state index contributed by atoms with van der Waals surface area (Å²) in [6, 6.07) is 12.8. The molecular weight excluding hydrogens is 318 g/mol. The monoisotopic (exact) mass is 329 g/mol. The van der Waals surface area contributed by atoms with Crippen LogP contribution in [0.1, 0.15) is 11.1 Å². The number of nitrogens with two attached hydrogens (primary N) is 2. The van der Waals surface area contributed by atoms with Crippen molar-refractivity contribution in [2.75, 3.05) is 11.1 Å². The van der Waals surface area contributed by atoms with Crippen molar-refractivity contribution in [3.05, 3.63) is 58.1 Å². The molecule has 0 fully saturated rings. The van der Waals surface area contributed by atoms with Gasteiger partial charge in [0.05, 0.1) is 11.3 Å². The molecule has 100 valence electrons. The summed E-state index contributed by atoms with van der Waals surface area (Å²) in [4.78, 5) is 12.1. The van der Waals surface area contributed by atoms with E-state index in [4.69, 9.17) is 11.5 Å². The van der Waals surface area contributed by atoms with Gasteiger partial charge in [-0.1, -0.05) is 28.1 Å². The molecule has 0 spiro atoms. The van der Waals surface area contributed by atoms with Gasteiger partial charge in [0.2, 0.25) is 0 Å². The lowest BCUT2D eigenvalue weighted by Crippen LogP contribution is -2.09. The van der Waals surface area contributed by atoms with Crippen molar-refractivity contribution in [1.29, 1.82) is 0 Å². The van der Waals surface area contributed by atoms with Crippen molar-refractivity contribution in [3.63, 3.8) is 0 Å². The quantitative estimate of drug-likeness (QED) is 0.555. The fourth-order valence-electron chi connectivity index (χ4n) is 2.26. The molecule has 0 unspecified atom stereocenters. The molecule has 1 heterocycles. The lowest BCUT2D eigenvalue weighted by atomic mass is 10.0. The second kappa shape index (κ2) is 4.68. The zero-order valence-electron chi connectivity index (χ0n) is 10.5. The highest BCUT2D eigenvalue weighted by molar-refractivity contribution is 9.10. The minimum Gasteiger partial charge on any atom is -0.399 e. The van der Waals surface area contributed by atoms with Crippen LogP contribution in [0.5, 0.6) is 0 Å². The predicted molar refractivity (Wildman–Crippen MR) is 84.6 cm³/mol. The summed E-state index contributed by atoms with van der Waals surface area (Å²) < 4.78 is 0.894. The number of hydrogen-bond acceptors (Lipinski definition) is 3. The number of benzene rings is 2. The zero-order chi connectivity index (χ0) is 14.3. The van der Waals surface area contributed by atoms with E-state index in [1.807, 2.05) is 30.3 Å². The molecule has 0 aliphatic carbocycles. The van der Waals surface area contributed by atoms with Gasteiger partial charge in [0.1, 0.15) is 0 Å². The van der Waals surface area contributed by atoms with Gasteiger partial charge < -0.3 is 16.8 Å². The standard InChI is InChI=1S/C15H12BrN3O/c16-9-4-5-12-11(7-9)13(15(20)19-12)14(18)8-2-1-3-10(17)6-8/h1-7H,17-18H2,(H,19,20)/b14-13-. The Morgan fingerprint density at radius 2 is 1.95 bits per heavy atom. The normalized spacial score (nSPS) is 15.8. The lowest BCUT2D eigenvalue weighted by molar-refractivity contribution is -0.110. The van der Waals surface area contributed by atoms with E-state index in [1.165, 1.54) is 0 Å². The van der Waals surface area contributed by atoms with E-state index in [0.29, 0.717) is 17.0 Å². The SMILES string of the molecule is N/C(=C1\C(=O)Nc2ccc(Br)cc21)c1cccc(N)c1. The van der Waals surface area contributed by atoms with Crippen LogP contribution in [0.25, 0.3) is 11.3 Å². The van der Waals surface area contributed by atoms with Crippen LogP contribution in [0.4, 0.5) is 11.4 Å². The van der Waals surface area contributed by atoms with Gasteiger partial charge in [-0.15, -0.1) is 0 Å². The summed E-state index contributed by atoms with van der Waals surface area (Å²) in [5.74, 6) is -0.196. The lowest BCUT2D eigenvalue weighted by Gasteiger charge is -2.07. The molecule has 0 bridgehead atoms. The fourth-order valence-corrected chi connectivity index (χ4v) is 2.62. The summed E-state index contributed by atoms with van der Waals surface area (Å²) in [6.45, 7) is 0. The van der Waals surface area contributed by atoms with Crippen LogP contribution in [0.15, 0.2) is 46.9 Å². The highest BCUT2D eigenvalue weighted by Crippen LogP contribution is 2.36. The Morgan fingerprint density at radius 3 is 2.70 bits per heavy atom. The van der Waals surface area contributed by atoms with E-state index >= 15 is 0 Å². The van der Waals surface area contributed by atoms with Crippen molar-refractivity contribution < 1.29 is 4.79 Å². The zero-order valence-corrected chi connectivity index (χ0v) is 12.1. The molecule has 1 aliphatic heterocycles. The van der Waals surface area contributed by atoms with E-state index in [0.717, 1.165) is 21.3 Å². The first-order chi connectivity index (χ1) is 9.56. The number of nitrogens with one attached hydrogen (secondary N) is 1. The molecule has 0 saturated heterocycles. The molecule has 1 amide bonds. The summed E-state index contributed by atoms with van der Waals surface area (Å²) in [5.41, 5.74) is 15.7. The van der Waals surface area contributed by atoms with Crippen LogP contribution in [0, 0.1) is 0 Å². The first-order valence-electron chi connectivity index (χ1n) is 6.03. The van der Waals surface area contributed by atoms with Gasteiger partial charge in [0.15, 0.2) is 0 Å². The molecule has 1 aliphatic rings. The summed E-state index contributed by atoms with van der Waals surface area (Å²) in [6.07, 6.45) is 0. The van der Waals surface area contributed by atoms with Crippen LogP contribution < -0.4 is 16.8 Å². The largest absolute Gasteiger partial charge is 0.399 e. The molecule has 5 heteroatoms. The number of amides is 1. The highest BCUT2D eigenvalue weighted by Gasteiger charge is 2.27. The third kappa shape index (κ3) is 2.06. The third-order valence-corrected chi connectivity index (χ3v) is 3.69. The molecule has 3 rings (SSSR count). The van der Waals surface area contributed by atoms with Crippen LogP contribution in [0.3, 0.4) is 0 Å². The maximum absolute atomic E-state index is 12.1. The predicted octanol–water partition coefficient (Wildman–Crippen LogP) is 2.81. The Balaban J connectivity index is 2.21. The first-order valence-corrected chi connectivity index (χ1v) is 6.82. The Hall–Kier alpha value is -2.27. The van der Waals surface area contributed by atoms with Gasteiger partial charge >= 0.3 is 0 Å². The van der Waals surface area contributed by atoms with Gasteiger partial charge in [-0.25, -0.2) is 0 Å². The second-order valence-electron chi connectivity index (χ2n) is 4.56. The Morgan fingerprint density at radius 1 is 1.15 bits per heavy atom. The van der Waals surface area contributed by atoms with Crippen molar-refractivity contribution in [2.24, 2.45) is 5.73 Å². The maximum Gasteiger partial charge on any atom is 0.258 e. The summed E-state index contributed by atoms with van der Waals surface area (Å²) in [7, 11) is 0. The molecule has 0 aromatic heterocycles. The smallest absolute Gasteiger partial charge is 0.258 e. The number of carbonyl (C=O) groups is 1. The Kier molecular flexibility index (Phi) is 2.99. The number of hydrogen-bond donors (Lipinski definition) is 3. The molecular formula is C15H12BrN3O. The summed E-state index contributed by atoms with van der Waals surface area (Å²) >= 11 is 3.41. The maximum atomic E-state index is 12.1. The van der Waals surface area contributed by atoms with Crippen molar-refractivity contribution in [1.82, 2.24) is 0 Å².